The second kappa shape index (κ2) is 6.30. The molecule has 0 fully saturated rings. The Morgan fingerprint density at radius 2 is 1.60 bits per heavy atom. The lowest BCUT2D eigenvalue weighted by Gasteiger charge is -2.23. The maximum Gasteiger partial charge on any atom is 0.421 e. The Bertz CT molecular complexity index is 737. The molecule has 1 aliphatic heterocycles. The third-order valence-electron chi connectivity index (χ3n) is 2.86. The summed E-state index contributed by atoms with van der Waals surface area (Å²) in [7, 11) is 0. The van der Waals surface area contributed by atoms with Crippen LogP contribution in [0, 0.1) is 0 Å². The van der Waals surface area contributed by atoms with Crippen molar-refractivity contribution >= 4 is 30.1 Å². The third kappa shape index (κ3) is 4.65. The number of aromatic nitrogens is 2. The van der Waals surface area contributed by atoms with Gasteiger partial charge in [-0.15, -0.1) is 0 Å². The number of Topliss-reactive ketones (excluding diaryl/α,β-unsaturated/α-hetero) is 1. The second-order valence-electron chi connectivity index (χ2n) is 7.54. The summed E-state index contributed by atoms with van der Waals surface area (Å²) in [5, 5.41) is 0. The van der Waals surface area contributed by atoms with E-state index in [2.05, 4.69) is 9.98 Å². The molecule has 1 aromatic heterocycles. The molecule has 0 saturated heterocycles. The van der Waals surface area contributed by atoms with Crippen LogP contribution in [0.2, 0.25) is 0 Å². The zero-order valence-corrected chi connectivity index (χ0v) is 15.2. The number of ketones is 1. The highest BCUT2D eigenvalue weighted by atomic mass is 16.6. The molecule has 0 bridgehead atoms. The minimum Gasteiger partial charge on any atom is -0.443 e. The SMILES string of the molecule is CC(C)(C)OC(=O)N1C=Nc2c(ncn2C(=O)OC(C)(C)C)C(=O)C1. The first-order valence-electron chi connectivity index (χ1n) is 7.75. The van der Waals surface area contributed by atoms with E-state index in [1.807, 2.05) is 0 Å². The number of hydrogen-bond donors (Lipinski definition) is 0. The topological polar surface area (TPSA) is 103 Å². The Kier molecular flexibility index (Phi) is 4.70. The normalized spacial score (nSPS) is 14.8. The van der Waals surface area contributed by atoms with Gasteiger partial charge in [0.05, 0.1) is 6.54 Å². The van der Waals surface area contributed by atoms with Crippen LogP contribution in [0.15, 0.2) is 11.3 Å². The van der Waals surface area contributed by atoms with Crippen molar-refractivity contribution < 1.29 is 23.9 Å². The molecule has 9 heteroatoms. The van der Waals surface area contributed by atoms with Gasteiger partial charge in [0, 0.05) is 0 Å². The van der Waals surface area contributed by atoms with Crippen LogP contribution in [0.25, 0.3) is 0 Å². The largest absolute Gasteiger partial charge is 0.443 e. The van der Waals surface area contributed by atoms with Gasteiger partial charge in [-0.1, -0.05) is 0 Å². The monoisotopic (exact) mass is 350 g/mol. The number of ether oxygens (including phenoxy) is 2. The smallest absolute Gasteiger partial charge is 0.421 e. The van der Waals surface area contributed by atoms with Crippen LogP contribution in [0.3, 0.4) is 0 Å². The third-order valence-corrected chi connectivity index (χ3v) is 2.86. The lowest BCUT2D eigenvalue weighted by Crippen LogP contribution is -2.38. The van der Waals surface area contributed by atoms with Gasteiger partial charge < -0.3 is 9.47 Å². The summed E-state index contributed by atoms with van der Waals surface area (Å²) in [4.78, 5) is 45.7. The Morgan fingerprint density at radius 1 is 1.04 bits per heavy atom. The van der Waals surface area contributed by atoms with E-state index >= 15 is 0 Å². The Labute approximate surface area is 145 Å². The molecule has 0 unspecified atom stereocenters. The van der Waals surface area contributed by atoms with Crippen molar-refractivity contribution in [1.29, 1.82) is 0 Å². The van der Waals surface area contributed by atoms with Crippen molar-refractivity contribution in [3.8, 4) is 0 Å². The summed E-state index contributed by atoms with van der Waals surface area (Å²) in [6, 6.07) is 0. The zero-order chi connectivity index (χ0) is 19.0. The standard InChI is InChI=1S/C16H22N4O5/c1-15(2,3)24-13(22)19-7-10(21)11-12(18-8-19)20(9-17-11)14(23)25-16(4,5)6/h8-9H,7H2,1-6H3. The first-order chi connectivity index (χ1) is 11.4. The molecule has 0 radical (unpaired) electrons. The average Bonchev–Trinajstić information content (AvgIpc) is 2.76. The fourth-order valence-corrected chi connectivity index (χ4v) is 1.93. The molecule has 1 aromatic rings. The van der Waals surface area contributed by atoms with Crippen LogP contribution in [-0.4, -0.2) is 56.5 Å². The van der Waals surface area contributed by atoms with Gasteiger partial charge in [-0.2, -0.15) is 0 Å². The number of aliphatic imine (C=N–C) groups is 1. The molecule has 9 nitrogen and oxygen atoms in total. The molecule has 2 heterocycles. The quantitative estimate of drug-likeness (QED) is 0.713. The van der Waals surface area contributed by atoms with Gasteiger partial charge in [-0.25, -0.2) is 24.1 Å². The fraction of sp³-hybridized carbons (Fsp3) is 0.562. The van der Waals surface area contributed by atoms with Crippen LogP contribution in [0.4, 0.5) is 15.4 Å². The molecular formula is C16H22N4O5. The van der Waals surface area contributed by atoms with E-state index in [4.69, 9.17) is 9.47 Å². The second-order valence-corrected chi connectivity index (χ2v) is 7.54. The van der Waals surface area contributed by atoms with Gasteiger partial charge >= 0.3 is 12.2 Å². The molecule has 25 heavy (non-hydrogen) atoms. The van der Waals surface area contributed by atoms with E-state index < -0.39 is 29.2 Å². The highest BCUT2D eigenvalue weighted by Crippen LogP contribution is 2.23. The van der Waals surface area contributed by atoms with E-state index in [0.717, 1.165) is 15.8 Å². The molecule has 0 saturated carbocycles. The van der Waals surface area contributed by atoms with Crippen molar-refractivity contribution in [3.63, 3.8) is 0 Å². The number of amides is 1. The van der Waals surface area contributed by atoms with E-state index in [0.29, 0.717) is 0 Å². The molecule has 0 aliphatic carbocycles. The summed E-state index contributed by atoms with van der Waals surface area (Å²) >= 11 is 0. The zero-order valence-electron chi connectivity index (χ0n) is 15.2. The molecule has 0 spiro atoms. The van der Waals surface area contributed by atoms with Crippen molar-refractivity contribution in [2.45, 2.75) is 52.7 Å². The molecule has 0 atom stereocenters. The summed E-state index contributed by atoms with van der Waals surface area (Å²) in [6.07, 6.45) is 0.910. The molecular weight excluding hydrogens is 328 g/mol. The number of carbonyl (C=O) groups excluding carboxylic acids is 3. The van der Waals surface area contributed by atoms with E-state index in [9.17, 15) is 14.4 Å². The number of nitrogens with zero attached hydrogens (tertiary/aromatic N) is 4. The fourth-order valence-electron chi connectivity index (χ4n) is 1.93. The van der Waals surface area contributed by atoms with Gasteiger partial charge in [0.1, 0.15) is 23.9 Å². The minimum atomic E-state index is -0.713. The first-order valence-corrected chi connectivity index (χ1v) is 7.75. The summed E-state index contributed by atoms with van der Waals surface area (Å²) in [5.41, 5.74) is -1.43. The molecule has 1 amide bonds. The van der Waals surface area contributed by atoms with Gasteiger partial charge in [-0.3, -0.25) is 9.69 Å². The number of imidazole rings is 1. The van der Waals surface area contributed by atoms with Crippen LogP contribution >= 0.6 is 0 Å². The van der Waals surface area contributed by atoms with Crippen molar-refractivity contribution in [3.05, 3.63) is 12.0 Å². The molecule has 1 aliphatic rings. The Balaban J connectivity index is 2.29. The van der Waals surface area contributed by atoms with Crippen molar-refractivity contribution in [1.82, 2.24) is 14.5 Å². The number of fused-ring (bicyclic) bond motifs is 1. The Hall–Kier alpha value is -2.71. The van der Waals surface area contributed by atoms with Crippen LogP contribution in [0.1, 0.15) is 52.0 Å². The van der Waals surface area contributed by atoms with Crippen LogP contribution < -0.4 is 0 Å². The highest BCUT2D eigenvalue weighted by molar-refractivity contribution is 6.05. The van der Waals surface area contributed by atoms with Gasteiger partial charge in [0.25, 0.3) is 0 Å². The maximum absolute atomic E-state index is 12.3. The molecule has 0 aromatic carbocycles. The van der Waals surface area contributed by atoms with Crippen LogP contribution in [-0.2, 0) is 9.47 Å². The predicted octanol–water partition coefficient (Wildman–Crippen LogP) is 2.76. The summed E-state index contributed by atoms with van der Waals surface area (Å²) in [5.74, 6) is -0.439. The Morgan fingerprint density at radius 3 is 2.16 bits per heavy atom. The highest BCUT2D eigenvalue weighted by Gasteiger charge is 2.30. The minimum absolute atomic E-state index is 0.00633. The van der Waals surface area contributed by atoms with Gasteiger partial charge in [0.2, 0.25) is 5.78 Å². The summed E-state index contributed by atoms with van der Waals surface area (Å²) in [6.45, 7) is 10.0. The maximum atomic E-state index is 12.3. The summed E-state index contributed by atoms with van der Waals surface area (Å²) < 4.78 is 11.5. The lowest BCUT2D eigenvalue weighted by molar-refractivity contribution is 0.0371. The van der Waals surface area contributed by atoms with Crippen LogP contribution in [0.5, 0.6) is 0 Å². The van der Waals surface area contributed by atoms with Crippen molar-refractivity contribution in [2.24, 2.45) is 4.99 Å². The van der Waals surface area contributed by atoms with Crippen molar-refractivity contribution in [2.75, 3.05) is 6.54 Å². The van der Waals surface area contributed by atoms with Gasteiger partial charge in [-0.05, 0) is 41.5 Å². The first kappa shape index (κ1) is 18.6. The van der Waals surface area contributed by atoms with E-state index in [1.54, 1.807) is 41.5 Å². The number of rotatable bonds is 0. The molecule has 0 N–H and O–H groups in total. The number of hydrogen-bond acceptors (Lipinski definition) is 7. The van der Waals surface area contributed by atoms with E-state index in [1.165, 1.54) is 6.33 Å². The predicted molar refractivity (Wildman–Crippen MR) is 89.3 cm³/mol. The van der Waals surface area contributed by atoms with Gasteiger partial charge in [0.15, 0.2) is 11.5 Å². The average molecular weight is 350 g/mol. The lowest BCUT2D eigenvalue weighted by atomic mass is 10.2. The number of carbonyl (C=O) groups is 3. The molecule has 2 rings (SSSR count). The van der Waals surface area contributed by atoms with E-state index in [-0.39, 0.29) is 18.1 Å². The molecule has 136 valence electrons.